The largest absolute Gasteiger partial charge is 0.393 e. The van der Waals surface area contributed by atoms with Crippen molar-refractivity contribution in [1.29, 1.82) is 0 Å². The summed E-state index contributed by atoms with van der Waals surface area (Å²) in [6.45, 7) is 2.02. The summed E-state index contributed by atoms with van der Waals surface area (Å²) in [5.74, 6) is -0.390. The summed E-state index contributed by atoms with van der Waals surface area (Å²) in [5, 5.41) is 0. The summed E-state index contributed by atoms with van der Waals surface area (Å²) in [4.78, 5) is 21.5. The smallest absolute Gasteiger partial charge is 0.313 e. The fourth-order valence-electron chi connectivity index (χ4n) is 1.23. The van der Waals surface area contributed by atoms with Gasteiger partial charge >= 0.3 is 11.9 Å². The molecular weight excluding hydrogens is 144 g/mol. The van der Waals surface area contributed by atoms with Gasteiger partial charge in [0.2, 0.25) is 0 Å². The van der Waals surface area contributed by atoms with Crippen molar-refractivity contribution in [3.05, 3.63) is 0 Å². The van der Waals surface area contributed by atoms with Gasteiger partial charge in [-0.3, -0.25) is 9.59 Å². The van der Waals surface area contributed by atoms with Crippen LogP contribution in [0.4, 0.5) is 0 Å². The third-order valence-corrected chi connectivity index (χ3v) is 2.02. The van der Waals surface area contributed by atoms with Gasteiger partial charge < -0.3 is 4.74 Å². The molecule has 0 N–H and O–H groups in total. The van der Waals surface area contributed by atoms with E-state index in [1.165, 1.54) is 0 Å². The van der Waals surface area contributed by atoms with Crippen LogP contribution in [-0.4, -0.2) is 11.9 Å². The molecule has 1 aliphatic rings. The second kappa shape index (κ2) is 3.51. The monoisotopic (exact) mass is 156 g/mol. The lowest BCUT2D eigenvalue weighted by molar-refractivity contribution is -0.158. The average Bonchev–Trinajstić information content (AvgIpc) is 2.11. The Hall–Kier alpha value is -0.860. The molecule has 11 heavy (non-hydrogen) atoms. The molecule has 1 heterocycles. The molecule has 0 radical (unpaired) electrons. The Labute approximate surface area is 65.7 Å². The number of cyclic esters (lactones) is 2. The van der Waals surface area contributed by atoms with Crippen molar-refractivity contribution in [1.82, 2.24) is 0 Å². The van der Waals surface area contributed by atoms with Crippen molar-refractivity contribution in [3.8, 4) is 0 Å². The predicted molar refractivity (Wildman–Crippen MR) is 38.7 cm³/mol. The first-order chi connectivity index (χ1) is 5.22. The molecular formula is C8H12O3. The predicted octanol–water partition coefficient (Wildman–Crippen LogP) is 1.27. The van der Waals surface area contributed by atoms with E-state index in [4.69, 9.17) is 0 Å². The van der Waals surface area contributed by atoms with E-state index >= 15 is 0 Å². The van der Waals surface area contributed by atoms with Crippen LogP contribution < -0.4 is 0 Å². The molecule has 0 aromatic rings. The highest BCUT2D eigenvalue weighted by Gasteiger charge is 2.21. The van der Waals surface area contributed by atoms with Crippen molar-refractivity contribution in [2.45, 2.75) is 32.6 Å². The number of carbonyl (C=O) groups excluding carboxylic acids is 2. The Balaban J connectivity index is 2.52. The minimum absolute atomic E-state index is 0.342. The molecule has 1 rings (SSSR count). The summed E-state index contributed by atoms with van der Waals surface area (Å²) in [5.41, 5.74) is 0. The summed E-state index contributed by atoms with van der Waals surface area (Å²) in [7, 11) is 0. The highest BCUT2D eigenvalue weighted by Crippen LogP contribution is 2.19. The number of ether oxygens (including phenoxy) is 1. The number of esters is 2. The van der Waals surface area contributed by atoms with E-state index < -0.39 is 0 Å². The molecule has 0 spiro atoms. The molecule has 62 valence electrons. The zero-order chi connectivity index (χ0) is 8.27. The molecule has 1 aliphatic heterocycles. The van der Waals surface area contributed by atoms with Crippen LogP contribution in [0.15, 0.2) is 0 Å². The maximum atomic E-state index is 10.8. The molecule has 0 saturated carbocycles. The average molecular weight is 156 g/mol. The topological polar surface area (TPSA) is 43.4 Å². The summed E-state index contributed by atoms with van der Waals surface area (Å²) in [6, 6.07) is 0. The van der Waals surface area contributed by atoms with Gasteiger partial charge in [0.25, 0.3) is 0 Å². The van der Waals surface area contributed by atoms with Crippen molar-refractivity contribution >= 4 is 11.9 Å². The third kappa shape index (κ3) is 2.33. The van der Waals surface area contributed by atoms with Gasteiger partial charge in [-0.2, -0.15) is 0 Å². The number of hydrogen-bond donors (Lipinski definition) is 0. The summed E-state index contributed by atoms with van der Waals surface area (Å²) >= 11 is 0. The van der Waals surface area contributed by atoms with Crippen LogP contribution in [0.2, 0.25) is 0 Å². The van der Waals surface area contributed by atoms with E-state index in [-0.39, 0.29) is 11.9 Å². The van der Waals surface area contributed by atoms with Crippen LogP contribution in [0, 0.1) is 5.92 Å². The van der Waals surface area contributed by atoms with Crippen molar-refractivity contribution < 1.29 is 14.3 Å². The van der Waals surface area contributed by atoms with E-state index in [1.54, 1.807) is 0 Å². The lowest BCUT2D eigenvalue weighted by Crippen LogP contribution is -2.08. The van der Waals surface area contributed by atoms with Gasteiger partial charge in [-0.15, -0.1) is 0 Å². The number of hydrogen-bond acceptors (Lipinski definition) is 3. The Bertz CT molecular complexity index is 174. The first-order valence-electron chi connectivity index (χ1n) is 3.96. The van der Waals surface area contributed by atoms with E-state index in [9.17, 15) is 9.59 Å². The first kappa shape index (κ1) is 8.24. The first-order valence-corrected chi connectivity index (χ1v) is 3.96. The molecule has 0 amide bonds. The highest BCUT2D eigenvalue weighted by atomic mass is 16.6. The highest BCUT2D eigenvalue weighted by molar-refractivity contribution is 5.86. The van der Waals surface area contributed by atoms with E-state index in [1.807, 2.05) is 6.92 Å². The lowest BCUT2D eigenvalue weighted by atomic mass is 9.98. The lowest BCUT2D eigenvalue weighted by Gasteiger charge is -2.05. The van der Waals surface area contributed by atoms with Crippen molar-refractivity contribution in [2.75, 3.05) is 0 Å². The van der Waals surface area contributed by atoms with Gasteiger partial charge in [0.05, 0.1) is 0 Å². The molecule has 1 unspecified atom stereocenters. The van der Waals surface area contributed by atoms with E-state index in [0.29, 0.717) is 18.8 Å². The zero-order valence-corrected chi connectivity index (χ0v) is 6.63. The van der Waals surface area contributed by atoms with Gasteiger partial charge in [-0.05, 0) is 12.3 Å². The summed E-state index contributed by atoms with van der Waals surface area (Å²) < 4.78 is 4.47. The molecule has 3 heteroatoms. The van der Waals surface area contributed by atoms with Crippen LogP contribution in [0.3, 0.4) is 0 Å². The van der Waals surface area contributed by atoms with E-state index in [2.05, 4.69) is 4.74 Å². The standard InChI is InChI=1S/C8H12O3/c1-2-6-3-4-7(9)11-8(10)5-6/h6H,2-5H2,1H3. The zero-order valence-electron chi connectivity index (χ0n) is 6.63. The van der Waals surface area contributed by atoms with Gasteiger partial charge in [0.1, 0.15) is 0 Å². The fraction of sp³-hybridized carbons (Fsp3) is 0.750. The quantitative estimate of drug-likeness (QED) is 0.424. The fourth-order valence-corrected chi connectivity index (χ4v) is 1.23. The van der Waals surface area contributed by atoms with Crippen LogP contribution in [0.25, 0.3) is 0 Å². The van der Waals surface area contributed by atoms with E-state index in [0.717, 1.165) is 12.8 Å². The molecule has 1 atom stereocenters. The number of carbonyl (C=O) groups is 2. The molecule has 0 bridgehead atoms. The van der Waals surface area contributed by atoms with Gasteiger partial charge in [0, 0.05) is 12.8 Å². The van der Waals surface area contributed by atoms with Crippen molar-refractivity contribution in [3.63, 3.8) is 0 Å². The van der Waals surface area contributed by atoms with Crippen LogP contribution in [-0.2, 0) is 14.3 Å². The second-order valence-corrected chi connectivity index (χ2v) is 2.86. The maximum Gasteiger partial charge on any atom is 0.313 e. The summed E-state index contributed by atoms with van der Waals surface area (Å²) in [6.07, 6.45) is 2.54. The Morgan fingerprint density at radius 3 is 2.82 bits per heavy atom. The third-order valence-electron chi connectivity index (χ3n) is 2.02. The molecule has 0 aromatic carbocycles. The van der Waals surface area contributed by atoms with Crippen LogP contribution in [0.1, 0.15) is 32.6 Å². The minimum Gasteiger partial charge on any atom is -0.393 e. The SMILES string of the molecule is CCC1CCC(=O)OC(=O)C1. The van der Waals surface area contributed by atoms with Crippen LogP contribution >= 0.6 is 0 Å². The van der Waals surface area contributed by atoms with Crippen molar-refractivity contribution in [2.24, 2.45) is 5.92 Å². The Kier molecular flexibility index (Phi) is 2.63. The number of rotatable bonds is 1. The van der Waals surface area contributed by atoms with Crippen LogP contribution in [0.5, 0.6) is 0 Å². The molecule has 0 aromatic heterocycles. The van der Waals surface area contributed by atoms with Gasteiger partial charge in [-0.25, -0.2) is 0 Å². The maximum absolute atomic E-state index is 10.8. The molecule has 1 fully saturated rings. The van der Waals surface area contributed by atoms with Gasteiger partial charge in [-0.1, -0.05) is 13.3 Å². The Morgan fingerprint density at radius 2 is 2.18 bits per heavy atom. The molecule has 0 aliphatic carbocycles. The molecule has 1 saturated heterocycles. The Morgan fingerprint density at radius 1 is 1.45 bits per heavy atom. The normalized spacial score (nSPS) is 26.1. The van der Waals surface area contributed by atoms with Gasteiger partial charge in [0.15, 0.2) is 0 Å². The second-order valence-electron chi connectivity index (χ2n) is 2.86. The molecule has 3 nitrogen and oxygen atoms in total. The minimum atomic E-state index is -0.369.